The minimum Gasteiger partial charge on any atom is -0.143 e. The summed E-state index contributed by atoms with van der Waals surface area (Å²) in [6, 6.07) is 14.7. The van der Waals surface area contributed by atoms with Gasteiger partial charge in [0.05, 0.1) is 0 Å². The van der Waals surface area contributed by atoms with E-state index < -0.39 is 0 Å². The van der Waals surface area contributed by atoms with Crippen LogP contribution in [0.1, 0.15) is 102 Å². The van der Waals surface area contributed by atoms with E-state index in [0.717, 1.165) is 0 Å². The van der Waals surface area contributed by atoms with Gasteiger partial charge in [0.15, 0.2) is 0 Å². The summed E-state index contributed by atoms with van der Waals surface area (Å²) in [6.07, 6.45) is 18.6. The van der Waals surface area contributed by atoms with Crippen LogP contribution in [0.15, 0.2) is 47.2 Å². The molecule has 0 atom stereocenters. The number of thiophene rings is 6. The van der Waals surface area contributed by atoms with Crippen molar-refractivity contribution < 1.29 is 0 Å². The zero-order chi connectivity index (χ0) is 29.9. The lowest BCUT2D eigenvalue weighted by Gasteiger charge is -2.06. The first-order valence-corrected chi connectivity index (χ1v) is 21.7. The van der Waals surface area contributed by atoms with E-state index in [0.29, 0.717) is 0 Å². The molecule has 0 saturated heterocycles. The van der Waals surface area contributed by atoms with Crippen LogP contribution in [0.3, 0.4) is 0 Å². The Kier molecular flexibility index (Phi) is 10.2. The van der Waals surface area contributed by atoms with E-state index in [2.05, 4.69) is 83.7 Å². The van der Waals surface area contributed by atoms with Crippen LogP contribution >= 0.6 is 68.0 Å². The number of unbranched alkanes of at least 4 members (excludes halogenated alkanes) is 10. The molecule has 0 saturated carbocycles. The molecule has 0 aliphatic rings. The molecule has 44 heavy (non-hydrogen) atoms. The molecule has 0 nitrogen and oxygen atoms in total. The van der Waals surface area contributed by atoms with Crippen molar-refractivity contribution in [1.29, 1.82) is 0 Å². The number of hydrogen-bond donors (Lipinski definition) is 0. The van der Waals surface area contributed by atoms with E-state index in [4.69, 9.17) is 0 Å². The predicted molar refractivity (Wildman–Crippen MR) is 209 cm³/mol. The normalized spacial score (nSPS) is 12.2. The van der Waals surface area contributed by atoms with E-state index in [1.165, 1.54) is 148 Å². The minimum absolute atomic E-state index is 1.20. The molecular formula is C38H42S6. The Balaban J connectivity index is 1.28. The van der Waals surface area contributed by atoms with Gasteiger partial charge in [-0.25, -0.2) is 0 Å². The standard InChI is InChI=1S/C38H42S6/c1-3-5-7-9-11-13-15-25-27-21-32-28(22-31(27)43-37(25)35-23-33-29(41-35)17-19-39-33)26(16-14-12-10-8-6-4-2)38(44-32)36-24-34-30(42-36)18-20-40-34/h17-24H,3-16H2,1-2H3. The average Bonchev–Trinajstić information content (AvgIpc) is 3.85. The van der Waals surface area contributed by atoms with Crippen molar-refractivity contribution in [3.8, 4) is 19.5 Å². The Morgan fingerprint density at radius 3 is 1.30 bits per heavy atom. The van der Waals surface area contributed by atoms with Gasteiger partial charge in [0.2, 0.25) is 0 Å². The molecule has 0 radical (unpaired) electrons. The molecule has 0 amide bonds. The summed E-state index contributed by atoms with van der Waals surface area (Å²) in [5.41, 5.74) is 3.22. The van der Waals surface area contributed by atoms with E-state index in [1.54, 1.807) is 11.1 Å². The fraction of sp³-hybridized carbons (Fsp3) is 0.421. The van der Waals surface area contributed by atoms with Gasteiger partial charge in [-0.2, -0.15) is 0 Å². The molecule has 230 valence electrons. The molecule has 6 heteroatoms. The van der Waals surface area contributed by atoms with Crippen LogP contribution in [0.25, 0.3) is 58.5 Å². The topological polar surface area (TPSA) is 0 Å². The smallest absolute Gasteiger partial charge is 0.0487 e. The second-order valence-electron chi connectivity index (χ2n) is 12.2. The van der Waals surface area contributed by atoms with E-state index >= 15 is 0 Å². The van der Waals surface area contributed by atoms with Gasteiger partial charge in [0, 0.05) is 47.7 Å². The highest BCUT2D eigenvalue weighted by atomic mass is 32.1. The Hall–Kier alpha value is -1.54. The fourth-order valence-electron chi connectivity index (χ4n) is 6.60. The molecule has 0 fully saturated rings. The number of fused-ring (bicyclic) bond motifs is 4. The monoisotopic (exact) mass is 690 g/mol. The first-order chi connectivity index (χ1) is 21.7. The van der Waals surface area contributed by atoms with Crippen molar-refractivity contribution >= 4 is 107 Å². The summed E-state index contributed by atoms with van der Waals surface area (Å²) in [6.45, 7) is 4.62. The third-order valence-corrected chi connectivity index (χ3v) is 15.9. The quantitative estimate of drug-likeness (QED) is 0.0886. The second kappa shape index (κ2) is 14.5. The molecule has 6 aromatic heterocycles. The van der Waals surface area contributed by atoms with Crippen molar-refractivity contribution in [2.75, 3.05) is 0 Å². The maximum atomic E-state index is 2.60. The SMILES string of the molecule is CCCCCCCCc1c(-c2cc3sccc3s2)sc2cc3c(CCCCCCCC)c(-c4cc5sccc5s4)sc3cc12. The molecule has 0 unspecified atom stereocenters. The summed E-state index contributed by atoms with van der Waals surface area (Å²) in [7, 11) is 0. The molecule has 6 heterocycles. The van der Waals surface area contributed by atoms with E-state index in [-0.39, 0.29) is 0 Å². The third-order valence-electron chi connectivity index (χ3n) is 8.99. The lowest BCUT2D eigenvalue weighted by Crippen LogP contribution is -1.88. The fourth-order valence-corrected chi connectivity index (χ4v) is 13.6. The van der Waals surface area contributed by atoms with Crippen LogP contribution < -0.4 is 0 Å². The van der Waals surface area contributed by atoms with Gasteiger partial charge in [-0.15, -0.1) is 68.0 Å². The summed E-state index contributed by atoms with van der Waals surface area (Å²) in [4.78, 5) is 6.03. The lowest BCUT2D eigenvalue weighted by molar-refractivity contribution is 0.608. The molecular weight excluding hydrogens is 649 g/mol. The molecule has 1 aromatic carbocycles. The Labute approximate surface area is 286 Å². The first kappa shape index (κ1) is 31.1. The second-order valence-corrected chi connectivity index (χ2v) is 18.4. The van der Waals surface area contributed by atoms with Gasteiger partial charge in [0.1, 0.15) is 0 Å². The van der Waals surface area contributed by atoms with Crippen LogP contribution in [0.4, 0.5) is 0 Å². The number of hydrogen-bond acceptors (Lipinski definition) is 6. The highest BCUT2D eigenvalue weighted by molar-refractivity contribution is 7.33. The van der Waals surface area contributed by atoms with Crippen LogP contribution in [-0.4, -0.2) is 0 Å². The zero-order valence-electron chi connectivity index (χ0n) is 26.0. The Bertz CT molecular complexity index is 1760. The number of rotatable bonds is 16. The molecule has 0 spiro atoms. The average molecular weight is 691 g/mol. The van der Waals surface area contributed by atoms with Gasteiger partial charge in [0.25, 0.3) is 0 Å². The van der Waals surface area contributed by atoms with E-state index in [1.807, 2.05) is 45.3 Å². The van der Waals surface area contributed by atoms with Crippen LogP contribution in [0, 0.1) is 0 Å². The van der Waals surface area contributed by atoms with E-state index in [9.17, 15) is 0 Å². The summed E-state index contributed by atoms with van der Waals surface area (Å²) in [5.74, 6) is 0. The number of aryl methyl sites for hydroxylation is 2. The Morgan fingerprint density at radius 1 is 0.432 bits per heavy atom. The third kappa shape index (κ3) is 6.50. The molecule has 0 aliphatic heterocycles. The summed E-state index contributed by atoms with van der Waals surface area (Å²) >= 11 is 11.9. The summed E-state index contributed by atoms with van der Waals surface area (Å²) in [5, 5.41) is 7.52. The van der Waals surface area contributed by atoms with Crippen molar-refractivity contribution in [2.45, 2.75) is 104 Å². The molecule has 0 bridgehead atoms. The minimum atomic E-state index is 1.20. The van der Waals surface area contributed by atoms with Gasteiger partial charge >= 0.3 is 0 Å². The maximum Gasteiger partial charge on any atom is 0.0487 e. The van der Waals surface area contributed by atoms with Gasteiger partial charge in [-0.1, -0.05) is 78.1 Å². The van der Waals surface area contributed by atoms with Crippen molar-refractivity contribution in [3.05, 3.63) is 58.3 Å². The Morgan fingerprint density at radius 2 is 0.864 bits per heavy atom. The van der Waals surface area contributed by atoms with Crippen molar-refractivity contribution in [1.82, 2.24) is 0 Å². The molecule has 7 aromatic rings. The lowest BCUT2D eigenvalue weighted by atomic mass is 9.99. The van der Waals surface area contributed by atoms with Crippen molar-refractivity contribution in [2.24, 2.45) is 0 Å². The van der Waals surface area contributed by atoms with Crippen LogP contribution in [-0.2, 0) is 12.8 Å². The molecule has 0 N–H and O–H groups in total. The highest BCUT2D eigenvalue weighted by Crippen LogP contribution is 2.50. The predicted octanol–water partition coefficient (Wildman–Crippen LogP) is 15.8. The zero-order valence-corrected chi connectivity index (χ0v) is 30.9. The number of benzene rings is 1. The maximum absolute atomic E-state index is 2.60. The van der Waals surface area contributed by atoms with Gasteiger partial charge in [-0.05, 0) is 94.7 Å². The highest BCUT2D eigenvalue weighted by Gasteiger charge is 2.21. The summed E-state index contributed by atoms with van der Waals surface area (Å²) < 4.78 is 8.74. The van der Waals surface area contributed by atoms with Gasteiger partial charge in [-0.3, -0.25) is 0 Å². The molecule has 0 aliphatic carbocycles. The van der Waals surface area contributed by atoms with Crippen LogP contribution in [0.2, 0.25) is 0 Å². The first-order valence-electron chi connectivity index (χ1n) is 16.7. The largest absolute Gasteiger partial charge is 0.143 e. The van der Waals surface area contributed by atoms with Crippen molar-refractivity contribution in [3.63, 3.8) is 0 Å². The van der Waals surface area contributed by atoms with Crippen LogP contribution in [0.5, 0.6) is 0 Å². The van der Waals surface area contributed by atoms with Gasteiger partial charge < -0.3 is 0 Å². The molecule has 7 rings (SSSR count).